The minimum absolute atomic E-state index is 0.0255. The molecule has 7 atom stereocenters. The van der Waals surface area contributed by atoms with Gasteiger partial charge >= 0.3 is 5.97 Å². The summed E-state index contributed by atoms with van der Waals surface area (Å²) in [6, 6.07) is 0. The fourth-order valence-electron chi connectivity index (χ4n) is 6.74. The van der Waals surface area contributed by atoms with Gasteiger partial charge in [0, 0.05) is 13.0 Å². The van der Waals surface area contributed by atoms with Gasteiger partial charge in [-0.15, -0.1) is 0 Å². The smallest absolute Gasteiger partial charge is 0.305 e. The minimum atomic E-state index is -0.290. The first kappa shape index (κ1) is 29.8. The molecule has 0 N–H and O–H groups in total. The summed E-state index contributed by atoms with van der Waals surface area (Å²) in [4.78, 5) is 11.5. The van der Waals surface area contributed by atoms with Crippen LogP contribution in [0.2, 0.25) is 0 Å². The van der Waals surface area contributed by atoms with E-state index in [4.69, 9.17) is 23.7 Å². The molecule has 4 rings (SSSR count). The number of hydrogen-bond donors (Lipinski definition) is 0. The molecule has 2 saturated heterocycles. The number of hydrogen-bond acceptors (Lipinski definition) is 6. The van der Waals surface area contributed by atoms with Crippen LogP contribution in [0.25, 0.3) is 0 Å². The number of carbonyl (C=O) groups is 1. The van der Waals surface area contributed by atoms with Crippen molar-refractivity contribution in [2.45, 2.75) is 147 Å². The Morgan fingerprint density at radius 2 is 1.97 bits per heavy atom. The molecule has 6 nitrogen and oxygen atoms in total. The number of esters is 1. The average molecular weight is 533 g/mol. The van der Waals surface area contributed by atoms with E-state index < -0.39 is 0 Å². The van der Waals surface area contributed by atoms with Gasteiger partial charge in [-0.1, -0.05) is 57.3 Å². The zero-order valence-electron chi connectivity index (χ0n) is 24.0. The Balaban J connectivity index is 1.37. The standard InChI is InChI=1S/C32H52O6/c1-3-4-5-13-26(36-31-16-8-9-23-35-31)20-21-27-19-17-25(11-6-7-15-30(33)34-2)32(37-27)38-29-22-18-24-12-10-14-28(24)29/h11,20-21,24,26-29,31-32H,3-10,12-19,22-23H2,1-2H3/b21-20?,25-11+/t24-,26-,27-,28-,29-,31?,32-/m0/s1. The number of ether oxygens (including phenoxy) is 5. The molecule has 38 heavy (non-hydrogen) atoms. The maximum absolute atomic E-state index is 11.5. The third-order valence-electron chi connectivity index (χ3n) is 8.95. The van der Waals surface area contributed by atoms with Crippen LogP contribution in [0.15, 0.2) is 23.8 Å². The predicted molar refractivity (Wildman–Crippen MR) is 149 cm³/mol. The topological polar surface area (TPSA) is 63.2 Å². The van der Waals surface area contributed by atoms with Gasteiger partial charge in [-0.3, -0.25) is 4.79 Å². The third kappa shape index (κ3) is 9.18. The molecule has 0 aromatic heterocycles. The Morgan fingerprint density at radius 3 is 2.79 bits per heavy atom. The third-order valence-corrected chi connectivity index (χ3v) is 8.95. The molecule has 1 unspecified atom stereocenters. The molecular formula is C32H52O6. The van der Waals surface area contributed by atoms with E-state index in [1.54, 1.807) is 0 Å². The van der Waals surface area contributed by atoms with E-state index in [-0.39, 0.29) is 30.8 Å². The maximum atomic E-state index is 11.5. The molecule has 2 heterocycles. The Bertz CT molecular complexity index is 757. The lowest BCUT2D eigenvalue weighted by Crippen LogP contribution is -2.35. The van der Waals surface area contributed by atoms with Crippen molar-refractivity contribution < 1.29 is 28.5 Å². The van der Waals surface area contributed by atoms with Crippen LogP contribution in [-0.2, 0) is 28.5 Å². The van der Waals surface area contributed by atoms with Crippen LogP contribution in [0.4, 0.5) is 0 Å². The Kier molecular flexibility index (Phi) is 12.7. The molecule has 0 amide bonds. The molecule has 0 radical (unpaired) electrons. The minimum Gasteiger partial charge on any atom is -0.469 e. The van der Waals surface area contributed by atoms with E-state index in [1.165, 1.54) is 57.6 Å². The normalized spacial score (nSPS) is 33.6. The molecule has 6 heteroatoms. The van der Waals surface area contributed by atoms with Crippen LogP contribution >= 0.6 is 0 Å². The van der Waals surface area contributed by atoms with Gasteiger partial charge < -0.3 is 23.7 Å². The van der Waals surface area contributed by atoms with E-state index in [1.807, 2.05) is 0 Å². The van der Waals surface area contributed by atoms with Crippen molar-refractivity contribution in [3.63, 3.8) is 0 Å². The molecule has 2 aliphatic carbocycles. The number of carbonyl (C=O) groups excluding carboxylic acids is 1. The molecule has 2 saturated carbocycles. The summed E-state index contributed by atoms with van der Waals surface area (Å²) >= 11 is 0. The lowest BCUT2D eigenvalue weighted by Gasteiger charge is -2.34. The predicted octanol–water partition coefficient (Wildman–Crippen LogP) is 7.40. The van der Waals surface area contributed by atoms with Gasteiger partial charge in [-0.2, -0.15) is 0 Å². The summed E-state index contributed by atoms with van der Waals surface area (Å²) < 4.78 is 30.4. The molecule has 216 valence electrons. The van der Waals surface area contributed by atoms with Crippen LogP contribution in [0.3, 0.4) is 0 Å². The highest BCUT2D eigenvalue weighted by Crippen LogP contribution is 2.46. The summed E-state index contributed by atoms with van der Waals surface area (Å²) in [6.07, 6.45) is 25.1. The van der Waals surface area contributed by atoms with Gasteiger partial charge in [-0.05, 0) is 88.0 Å². The number of fused-ring (bicyclic) bond motifs is 1. The van der Waals surface area contributed by atoms with Crippen molar-refractivity contribution in [1.29, 1.82) is 0 Å². The Morgan fingerprint density at radius 1 is 1.05 bits per heavy atom. The zero-order chi connectivity index (χ0) is 26.6. The fourth-order valence-corrected chi connectivity index (χ4v) is 6.74. The van der Waals surface area contributed by atoms with Crippen molar-refractivity contribution in [3.05, 3.63) is 23.8 Å². The van der Waals surface area contributed by atoms with Gasteiger partial charge in [0.05, 0.1) is 25.4 Å². The van der Waals surface area contributed by atoms with Gasteiger partial charge in [0.2, 0.25) is 0 Å². The lowest BCUT2D eigenvalue weighted by atomic mass is 9.98. The summed E-state index contributed by atoms with van der Waals surface area (Å²) in [6.45, 7) is 3.04. The van der Waals surface area contributed by atoms with Crippen LogP contribution in [0.1, 0.15) is 116 Å². The highest BCUT2D eigenvalue weighted by molar-refractivity contribution is 5.69. The van der Waals surface area contributed by atoms with Gasteiger partial charge in [0.15, 0.2) is 12.6 Å². The summed E-state index contributed by atoms with van der Waals surface area (Å²) in [5, 5.41) is 0. The second-order valence-corrected chi connectivity index (χ2v) is 11.8. The number of methoxy groups -OCH3 is 1. The number of rotatable bonds is 14. The first-order valence-corrected chi connectivity index (χ1v) is 15.7. The van der Waals surface area contributed by atoms with E-state index in [9.17, 15) is 4.79 Å². The highest BCUT2D eigenvalue weighted by Gasteiger charge is 2.42. The van der Waals surface area contributed by atoms with Gasteiger partial charge in [0.1, 0.15) is 0 Å². The number of unbranched alkanes of at least 4 members (excludes halogenated alkanes) is 3. The Hall–Kier alpha value is -1.21. The first-order valence-electron chi connectivity index (χ1n) is 15.7. The highest BCUT2D eigenvalue weighted by atomic mass is 16.7. The maximum Gasteiger partial charge on any atom is 0.305 e. The summed E-state index contributed by atoms with van der Waals surface area (Å²) in [7, 11) is 1.45. The quantitative estimate of drug-likeness (QED) is 0.132. The van der Waals surface area contributed by atoms with Crippen LogP contribution in [0, 0.1) is 11.8 Å². The van der Waals surface area contributed by atoms with E-state index in [0.717, 1.165) is 70.3 Å². The summed E-state index contributed by atoms with van der Waals surface area (Å²) in [5.74, 6) is 1.39. The molecule has 0 spiro atoms. The summed E-state index contributed by atoms with van der Waals surface area (Å²) in [5.41, 5.74) is 1.24. The zero-order valence-corrected chi connectivity index (χ0v) is 24.0. The first-order chi connectivity index (χ1) is 18.7. The van der Waals surface area contributed by atoms with Crippen LogP contribution in [0.5, 0.6) is 0 Å². The van der Waals surface area contributed by atoms with Crippen LogP contribution < -0.4 is 0 Å². The van der Waals surface area contributed by atoms with Crippen molar-refractivity contribution in [2.75, 3.05) is 13.7 Å². The molecule has 0 bridgehead atoms. The lowest BCUT2D eigenvalue weighted by molar-refractivity contribution is -0.186. The van der Waals surface area contributed by atoms with Crippen molar-refractivity contribution >= 4 is 5.97 Å². The molecule has 4 aliphatic rings. The van der Waals surface area contributed by atoms with Gasteiger partial charge in [-0.25, -0.2) is 0 Å². The second-order valence-electron chi connectivity index (χ2n) is 11.8. The molecule has 0 aromatic carbocycles. The second kappa shape index (κ2) is 16.2. The van der Waals surface area contributed by atoms with E-state index >= 15 is 0 Å². The van der Waals surface area contributed by atoms with E-state index in [2.05, 4.69) is 25.2 Å². The molecular weight excluding hydrogens is 480 g/mol. The monoisotopic (exact) mass is 532 g/mol. The van der Waals surface area contributed by atoms with Crippen molar-refractivity contribution in [2.24, 2.45) is 11.8 Å². The van der Waals surface area contributed by atoms with Crippen molar-refractivity contribution in [1.82, 2.24) is 0 Å². The van der Waals surface area contributed by atoms with Crippen LogP contribution in [-0.4, -0.2) is 50.6 Å². The Labute approximate surface area is 230 Å². The molecule has 2 aliphatic heterocycles. The van der Waals surface area contributed by atoms with Gasteiger partial charge in [0.25, 0.3) is 0 Å². The van der Waals surface area contributed by atoms with E-state index in [0.29, 0.717) is 18.4 Å². The largest absolute Gasteiger partial charge is 0.469 e. The molecule has 4 fully saturated rings. The SMILES string of the molecule is CCCCC[C@@H](C=C[C@@H]1CC/C(=C\CCCC(=O)OC)[C@H](O[C@H]2CC[C@@H]3CCC[C@@H]32)O1)OC1CCCCO1. The molecule has 0 aromatic rings. The van der Waals surface area contributed by atoms with Crippen molar-refractivity contribution in [3.8, 4) is 0 Å². The average Bonchev–Trinajstić information content (AvgIpc) is 3.56. The fraction of sp³-hybridized carbons (Fsp3) is 0.844. The number of allylic oxidation sites excluding steroid dienone is 1.